The molecule has 0 saturated carbocycles. The summed E-state index contributed by atoms with van der Waals surface area (Å²) in [5, 5.41) is 15.6. The first-order chi connectivity index (χ1) is 6.75. The van der Waals surface area contributed by atoms with Crippen LogP contribution in [0.5, 0.6) is 0 Å². The maximum Gasteiger partial charge on any atom is 0.289 e. The fourth-order valence-corrected chi connectivity index (χ4v) is 2.30. The van der Waals surface area contributed by atoms with Gasteiger partial charge in [-0.1, -0.05) is 6.07 Å². The van der Waals surface area contributed by atoms with Crippen molar-refractivity contribution in [3.8, 4) is 0 Å². The van der Waals surface area contributed by atoms with Crippen LogP contribution in [0.15, 0.2) is 17.0 Å². The van der Waals surface area contributed by atoms with Gasteiger partial charge in [0.2, 0.25) is 10.0 Å². The predicted octanol–water partition coefficient (Wildman–Crippen LogP) is 0.859. The van der Waals surface area contributed by atoms with E-state index in [4.69, 9.17) is 5.14 Å². The molecule has 2 N–H and O–H groups in total. The highest BCUT2D eigenvalue weighted by Crippen LogP contribution is 2.27. The molecule has 6 nitrogen and oxygen atoms in total. The summed E-state index contributed by atoms with van der Waals surface area (Å²) in [6, 6.07) is 2.63. The number of rotatable bonds is 2. The van der Waals surface area contributed by atoms with Crippen molar-refractivity contribution in [3.05, 3.63) is 33.4 Å². The van der Waals surface area contributed by atoms with Crippen LogP contribution in [0.4, 0.5) is 5.69 Å². The van der Waals surface area contributed by atoms with Crippen molar-refractivity contribution in [2.75, 3.05) is 0 Å². The number of nitro groups is 1. The monoisotopic (exact) mass is 230 g/mol. The van der Waals surface area contributed by atoms with Gasteiger partial charge < -0.3 is 0 Å². The standard InChI is InChI=1S/C8H10N2O4S/c1-5-3-4-7(10(11)12)8(6(5)2)15(9,13)14/h3-4H,1-2H3,(H2,9,13,14). The number of hydrogen-bond donors (Lipinski definition) is 1. The summed E-state index contributed by atoms with van der Waals surface area (Å²) >= 11 is 0. The largest absolute Gasteiger partial charge is 0.289 e. The number of benzene rings is 1. The predicted molar refractivity (Wildman–Crippen MR) is 53.9 cm³/mol. The highest BCUT2D eigenvalue weighted by atomic mass is 32.2. The van der Waals surface area contributed by atoms with E-state index >= 15 is 0 Å². The van der Waals surface area contributed by atoms with Crippen LogP contribution in [-0.4, -0.2) is 13.3 Å². The lowest BCUT2D eigenvalue weighted by molar-refractivity contribution is -0.387. The Morgan fingerprint density at radius 3 is 2.27 bits per heavy atom. The van der Waals surface area contributed by atoms with Crippen LogP contribution in [0.1, 0.15) is 11.1 Å². The number of sulfonamides is 1. The van der Waals surface area contributed by atoms with Crippen LogP contribution in [0.2, 0.25) is 0 Å². The lowest BCUT2D eigenvalue weighted by Crippen LogP contribution is -2.16. The molecule has 0 aliphatic carbocycles. The summed E-state index contributed by atoms with van der Waals surface area (Å²) in [5.74, 6) is 0. The molecule has 0 aliphatic heterocycles. The molecular weight excluding hydrogens is 220 g/mol. The number of aryl methyl sites for hydroxylation is 1. The van der Waals surface area contributed by atoms with Crippen LogP contribution in [0, 0.1) is 24.0 Å². The van der Waals surface area contributed by atoms with E-state index in [-0.39, 0.29) is 0 Å². The molecule has 0 atom stereocenters. The zero-order chi connectivity index (χ0) is 11.8. The van der Waals surface area contributed by atoms with Gasteiger partial charge in [-0.3, -0.25) is 10.1 Å². The number of hydrogen-bond acceptors (Lipinski definition) is 4. The van der Waals surface area contributed by atoms with Gasteiger partial charge in [0.05, 0.1) is 4.92 Å². The Hall–Kier alpha value is -1.47. The zero-order valence-corrected chi connectivity index (χ0v) is 9.04. The van der Waals surface area contributed by atoms with Gasteiger partial charge in [-0.25, -0.2) is 13.6 Å². The second-order valence-corrected chi connectivity index (χ2v) is 4.66. The van der Waals surface area contributed by atoms with E-state index in [1.165, 1.54) is 13.0 Å². The summed E-state index contributed by atoms with van der Waals surface area (Å²) in [5.41, 5.74) is 0.469. The summed E-state index contributed by atoms with van der Waals surface area (Å²) in [7, 11) is -4.07. The third-order valence-electron chi connectivity index (χ3n) is 2.14. The van der Waals surface area contributed by atoms with E-state index in [1.54, 1.807) is 6.92 Å². The Morgan fingerprint density at radius 2 is 1.87 bits per heavy atom. The van der Waals surface area contributed by atoms with Gasteiger partial charge in [0.25, 0.3) is 5.69 Å². The van der Waals surface area contributed by atoms with Crippen molar-refractivity contribution in [2.24, 2.45) is 5.14 Å². The molecule has 1 rings (SSSR count). The molecule has 82 valence electrons. The van der Waals surface area contributed by atoms with Crippen LogP contribution in [-0.2, 0) is 10.0 Å². The normalized spacial score (nSPS) is 11.4. The number of nitrogens with two attached hydrogens (primary N) is 1. The fourth-order valence-electron chi connectivity index (χ4n) is 1.28. The fraction of sp³-hybridized carbons (Fsp3) is 0.250. The highest BCUT2D eigenvalue weighted by molar-refractivity contribution is 7.89. The average molecular weight is 230 g/mol. The topological polar surface area (TPSA) is 103 Å². The molecule has 7 heteroatoms. The third kappa shape index (κ3) is 2.13. The Balaban J connectivity index is 3.72. The molecular formula is C8H10N2O4S. The molecule has 0 amide bonds. The molecule has 0 radical (unpaired) electrons. The van der Waals surface area contributed by atoms with Gasteiger partial charge >= 0.3 is 0 Å². The van der Waals surface area contributed by atoms with E-state index in [9.17, 15) is 18.5 Å². The highest BCUT2D eigenvalue weighted by Gasteiger charge is 2.25. The van der Waals surface area contributed by atoms with Crippen molar-refractivity contribution >= 4 is 15.7 Å². The molecule has 0 unspecified atom stereocenters. The maximum absolute atomic E-state index is 11.2. The maximum atomic E-state index is 11.2. The molecule has 0 bridgehead atoms. The van der Waals surface area contributed by atoms with Crippen molar-refractivity contribution in [2.45, 2.75) is 18.7 Å². The van der Waals surface area contributed by atoms with E-state index in [2.05, 4.69) is 0 Å². The first kappa shape index (κ1) is 11.6. The van der Waals surface area contributed by atoms with Gasteiger partial charge in [0.1, 0.15) is 0 Å². The van der Waals surface area contributed by atoms with Crippen molar-refractivity contribution in [1.29, 1.82) is 0 Å². The summed E-state index contributed by atoms with van der Waals surface area (Å²) < 4.78 is 22.4. The number of nitro benzene ring substituents is 1. The minimum atomic E-state index is -4.07. The number of nitrogens with zero attached hydrogens (tertiary/aromatic N) is 1. The van der Waals surface area contributed by atoms with Gasteiger partial charge in [-0.15, -0.1) is 0 Å². The van der Waals surface area contributed by atoms with Crippen LogP contribution in [0.25, 0.3) is 0 Å². The molecule has 0 spiro atoms. The minimum Gasteiger partial charge on any atom is -0.258 e. The molecule has 15 heavy (non-hydrogen) atoms. The van der Waals surface area contributed by atoms with E-state index in [0.717, 1.165) is 6.07 Å². The van der Waals surface area contributed by atoms with Gasteiger partial charge in [0.15, 0.2) is 4.90 Å². The Bertz CT molecular complexity index is 522. The molecule has 0 fully saturated rings. The zero-order valence-electron chi connectivity index (χ0n) is 8.22. The van der Waals surface area contributed by atoms with Crippen LogP contribution >= 0.6 is 0 Å². The van der Waals surface area contributed by atoms with E-state index < -0.39 is 25.5 Å². The van der Waals surface area contributed by atoms with Gasteiger partial charge in [0, 0.05) is 6.07 Å². The third-order valence-corrected chi connectivity index (χ3v) is 3.22. The molecule has 0 aliphatic rings. The lowest BCUT2D eigenvalue weighted by Gasteiger charge is -2.06. The first-order valence-corrected chi connectivity index (χ1v) is 5.57. The lowest BCUT2D eigenvalue weighted by atomic mass is 10.1. The average Bonchev–Trinajstić information content (AvgIpc) is 2.06. The first-order valence-electron chi connectivity index (χ1n) is 4.02. The van der Waals surface area contributed by atoms with Crippen molar-refractivity contribution in [3.63, 3.8) is 0 Å². The number of primary sulfonamides is 1. The SMILES string of the molecule is Cc1ccc([N+](=O)[O-])c(S(N)(=O)=O)c1C. The van der Waals surface area contributed by atoms with E-state index in [0.29, 0.717) is 11.1 Å². The van der Waals surface area contributed by atoms with E-state index in [1.807, 2.05) is 0 Å². The molecule has 0 heterocycles. The summed E-state index contributed by atoms with van der Waals surface area (Å²) in [6.45, 7) is 3.15. The second kappa shape index (κ2) is 3.59. The van der Waals surface area contributed by atoms with Crippen LogP contribution < -0.4 is 5.14 Å². The molecule has 1 aromatic carbocycles. The van der Waals surface area contributed by atoms with Crippen LogP contribution in [0.3, 0.4) is 0 Å². The smallest absolute Gasteiger partial charge is 0.258 e. The molecule has 0 aromatic heterocycles. The quantitative estimate of drug-likeness (QED) is 0.601. The van der Waals surface area contributed by atoms with Crippen molar-refractivity contribution < 1.29 is 13.3 Å². The van der Waals surface area contributed by atoms with Crippen molar-refractivity contribution in [1.82, 2.24) is 0 Å². The Labute approximate surface area is 86.9 Å². The molecule has 0 saturated heterocycles. The minimum absolute atomic E-state index is 0.312. The van der Waals surface area contributed by atoms with Gasteiger partial charge in [-0.2, -0.15) is 0 Å². The molecule has 1 aromatic rings. The van der Waals surface area contributed by atoms with Gasteiger partial charge in [-0.05, 0) is 25.0 Å². The Morgan fingerprint density at radius 1 is 1.33 bits per heavy atom. The summed E-state index contributed by atoms with van der Waals surface area (Å²) in [6.07, 6.45) is 0. The second-order valence-electron chi connectivity index (χ2n) is 3.16. The Kier molecular flexibility index (Phi) is 2.78. The summed E-state index contributed by atoms with van der Waals surface area (Å²) in [4.78, 5) is 9.45.